The van der Waals surface area contributed by atoms with E-state index in [0.29, 0.717) is 6.54 Å². The number of nitrogens with zero attached hydrogens (tertiary/aromatic N) is 1. The monoisotopic (exact) mass is 262 g/mol. The fraction of sp³-hybridized carbons (Fsp3) is 0.533. The molecular formula is C15H22N2O2. The molecule has 1 amide bonds. The van der Waals surface area contributed by atoms with Gasteiger partial charge in [0.15, 0.2) is 0 Å². The molecule has 1 saturated heterocycles. The second-order valence-electron chi connectivity index (χ2n) is 4.98. The average molecular weight is 262 g/mol. The van der Waals surface area contributed by atoms with Crippen LogP contribution in [0.5, 0.6) is 0 Å². The zero-order valence-electron chi connectivity index (χ0n) is 11.6. The van der Waals surface area contributed by atoms with Gasteiger partial charge in [-0.15, -0.1) is 0 Å². The van der Waals surface area contributed by atoms with E-state index in [1.165, 1.54) is 5.56 Å². The Labute approximate surface area is 114 Å². The molecule has 2 rings (SSSR count). The van der Waals surface area contributed by atoms with Crippen molar-refractivity contribution in [3.8, 4) is 0 Å². The molecule has 2 atom stereocenters. The van der Waals surface area contributed by atoms with Gasteiger partial charge in [0.2, 0.25) is 5.91 Å². The van der Waals surface area contributed by atoms with Crippen LogP contribution < -0.4 is 5.32 Å². The first-order valence-corrected chi connectivity index (χ1v) is 6.78. The van der Waals surface area contributed by atoms with E-state index in [1.807, 2.05) is 30.1 Å². The number of benzene rings is 1. The van der Waals surface area contributed by atoms with Crippen molar-refractivity contribution in [1.29, 1.82) is 0 Å². The minimum Gasteiger partial charge on any atom is -0.366 e. The van der Waals surface area contributed by atoms with E-state index in [2.05, 4.69) is 17.4 Å². The lowest BCUT2D eigenvalue weighted by Gasteiger charge is -2.23. The maximum absolute atomic E-state index is 12.1. The summed E-state index contributed by atoms with van der Waals surface area (Å²) in [6.45, 7) is 0.685. The predicted octanol–water partition coefficient (Wildman–Crippen LogP) is 1.41. The summed E-state index contributed by atoms with van der Waals surface area (Å²) in [4.78, 5) is 14.1. The number of ether oxygens (including phenoxy) is 1. The first-order chi connectivity index (χ1) is 9.22. The summed E-state index contributed by atoms with van der Waals surface area (Å²) in [7, 11) is 3.64. The number of hydrogen-bond acceptors (Lipinski definition) is 3. The number of likely N-dealkylation sites (tertiary alicyclic amines) is 1. The van der Waals surface area contributed by atoms with E-state index in [-0.39, 0.29) is 18.2 Å². The van der Waals surface area contributed by atoms with Crippen LogP contribution >= 0.6 is 0 Å². The van der Waals surface area contributed by atoms with Crippen LogP contribution in [0, 0.1) is 0 Å². The van der Waals surface area contributed by atoms with Crippen LogP contribution in [0.1, 0.15) is 18.4 Å². The lowest BCUT2D eigenvalue weighted by Crippen LogP contribution is -2.44. The SMILES string of the molecule is CO[C@H]1CCC(C(=O)NCCc2ccccc2)N1C. The van der Waals surface area contributed by atoms with E-state index in [4.69, 9.17) is 4.74 Å². The smallest absolute Gasteiger partial charge is 0.237 e. The summed E-state index contributed by atoms with van der Waals surface area (Å²) in [5.74, 6) is 0.109. The van der Waals surface area contributed by atoms with Crippen molar-refractivity contribution in [1.82, 2.24) is 10.2 Å². The molecular weight excluding hydrogens is 240 g/mol. The lowest BCUT2D eigenvalue weighted by atomic mass is 10.1. The molecule has 19 heavy (non-hydrogen) atoms. The molecule has 0 bridgehead atoms. The quantitative estimate of drug-likeness (QED) is 0.872. The Morgan fingerprint density at radius 3 is 2.74 bits per heavy atom. The average Bonchev–Trinajstić information content (AvgIpc) is 2.81. The van der Waals surface area contributed by atoms with Crippen molar-refractivity contribution in [3.05, 3.63) is 35.9 Å². The maximum atomic E-state index is 12.1. The Bertz CT molecular complexity index is 408. The molecule has 4 nitrogen and oxygen atoms in total. The Kier molecular flexibility index (Phi) is 4.93. The van der Waals surface area contributed by atoms with Crippen molar-refractivity contribution >= 4 is 5.91 Å². The van der Waals surface area contributed by atoms with Gasteiger partial charge in [-0.2, -0.15) is 0 Å². The van der Waals surface area contributed by atoms with E-state index < -0.39 is 0 Å². The zero-order chi connectivity index (χ0) is 13.7. The lowest BCUT2D eigenvalue weighted by molar-refractivity contribution is -0.127. The van der Waals surface area contributed by atoms with Crippen LogP contribution in [0.15, 0.2) is 30.3 Å². The number of nitrogens with one attached hydrogen (secondary N) is 1. The summed E-state index contributed by atoms with van der Waals surface area (Å²) in [6.07, 6.45) is 2.73. The Hall–Kier alpha value is -1.39. The largest absolute Gasteiger partial charge is 0.366 e. The van der Waals surface area contributed by atoms with Gasteiger partial charge < -0.3 is 10.1 Å². The van der Waals surface area contributed by atoms with Gasteiger partial charge in [0.1, 0.15) is 6.23 Å². The first kappa shape index (κ1) is 14.0. The Morgan fingerprint density at radius 1 is 1.37 bits per heavy atom. The summed E-state index contributed by atoms with van der Waals surface area (Å²) >= 11 is 0. The molecule has 1 heterocycles. The molecule has 1 aliphatic rings. The van der Waals surface area contributed by atoms with Gasteiger partial charge in [-0.05, 0) is 31.9 Å². The molecule has 1 unspecified atom stereocenters. The molecule has 1 aliphatic heterocycles. The summed E-state index contributed by atoms with van der Waals surface area (Å²) < 4.78 is 5.32. The van der Waals surface area contributed by atoms with Crippen molar-refractivity contribution < 1.29 is 9.53 Å². The number of rotatable bonds is 5. The van der Waals surface area contributed by atoms with E-state index >= 15 is 0 Å². The molecule has 1 N–H and O–H groups in total. The molecule has 4 heteroatoms. The van der Waals surface area contributed by atoms with Crippen LogP contribution in [0.25, 0.3) is 0 Å². The molecule has 0 spiro atoms. The predicted molar refractivity (Wildman–Crippen MR) is 74.7 cm³/mol. The zero-order valence-corrected chi connectivity index (χ0v) is 11.6. The number of methoxy groups -OCH3 is 1. The van der Waals surface area contributed by atoms with E-state index in [9.17, 15) is 4.79 Å². The topological polar surface area (TPSA) is 41.6 Å². The highest BCUT2D eigenvalue weighted by Crippen LogP contribution is 2.22. The van der Waals surface area contributed by atoms with E-state index in [0.717, 1.165) is 19.3 Å². The van der Waals surface area contributed by atoms with Gasteiger partial charge in [-0.3, -0.25) is 9.69 Å². The van der Waals surface area contributed by atoms with Crippen LogP contribution in [-0.4, -0.2) is 43.8 Å². The molecule has 0 radical (unpaired) electrons. The fourth-order valence-corrected chi connectivity index (χ4v) is 2.60. The van der Waals surface area contributed by atoms with Crippen molar-refractivity contribution in [2.24, 2.45) is 0 Å². The van der Waals surface area contributed by atoms with Gasteiger partial charge in [-0.25, -0.2) is 0 Å². The molecule has 0 aliphatic carbocycles. The highest BCUT2D eigenvalue weighted by molar-refractivity contribution is 5.82. The minimum atomic E-state index is -0.0549. The third-order valence-corrected chi connectivity index (χ3v) is 3.76. The van der Waals surface area contributed by atoms with Gasteiger partial charge in [-0.1, -0.05) is 30.3 Å². The van der Waals surface area contributed by atoms with Crippen LogP contribution in [-0.2, 0) is 16.0 Å². The number of carbonyl (C=O) groups excluding carboxylic acids is 1. The van der Waals surface area contributed by atoms with Crippen molar-refractivity contribution in [2.75, 3.05) is 20.7 Å². The molecule has 104 valence electrons. The molecule has 1 fully saturated rings. The summed E-state index contributed by atoms with van der Waals surface area (Å²) in [5.41, 5.74) is 1.25. The first-order valence-electron chi connectivity index (χ1n) is 6.78. The molecule has 0 saturated carbocycles. The Morgan fingerprint density at radius 2 is 2.11 bits per heavy atom. The van der Waals surface area contributed by atoms with Gasteiger partial charge >= 0.3 is 0 Å². The van der Waals surface area contributed by atoms with Gasteiger partial charge in [0, 0.05) is 13.7 Å². The normalized spacial score (nSPS) is 23.5. The fourth-order valence-electron chi connectivity index (χ4n) is 2.60. The van der Waals surface area contributed by atoms with Gasteiger partial charge in [0.05, 0.1) is 6.04 Å². The number of likely N-dealkylation sites (N-methyl/N-ethyl adjacent to an activating group) is 1. The minimum absolute atomic E-state index is 0.0549. The van der Waals surface area contributed by atoms with Gasteiger partial charge in [0.25, 0.3) is 0 Å². The number of hydrogen-bond donors (Lipinski definition) is 1. The van der Waals surface area contributed by atoms with E-state index in [1.54, 1.807) is 7.11 Å². The summed E-state index contributed by atoms with van der Waals surface area (Å²) in [6, 6.07) is 10.1. The number of amides is 1. The molecule has 1 aromatic carbocycles. The highest BCUT2D eigenvalue weighted by Gasteiger charge is 2.34. The Balaban J connectivity index is 1.76. The van der Waals surface area contributed by atoms with Crippen LogP contribution in [0.2, 0.25) is 0 Å². The highest BCUT2D eigenvalue weighted by atomic mass is 16.5. The molecule has 1 aromatic rings. The molecule has 0 aromatic heterocycles. The second kappa shape index (κ2) is 6.68. The maximum Gasteiger partial charge on any atom is 0.237 e. The third kappa shape index (κ3) is 3.55. The van der Waals surface area contributed by atoms with Crippen LogP contribution in [0.3, 0.4) is 0 Å². The number of carbonyl (C=O) groups is 1. The summed E-state index contributed by atoms with van der Waals surface area (Å²) in [5, 5.41) is 3.01. The van der Waals surface area contributed by atoms with Crippen molar-refractivity contribution in [2.45, 2.75) is 31.5 Å². The second-order valence-corrected chi connectivity index (χ2v) is 4.98. The third-order valence-electron chi connectivity index (χ3n) is 3.76. The standard InChI is InChI=1S/C15H22N2O2/c1-17-13(8-9-14(17)19-2)15(18)16-11-10-12-6-4-3-5-7-12/h3-7,13-14H,8-11H2,1-2H3,(H,16,18)/t13?,14-/m0/s1. The van der Waals surface area contributed by atoms with Crippen LogP contribution in [0.4, 0.5) is 0 Å². The van der Waals surface area contributed by atoms with Crippen molar-refractivity contribution in [3.63, 3.8) is 0 Å².